The van der Waals surface area contributed by atoms with Gasteiger partial charge in [-0.05, 0) is 17.0 Å². The first-order valence-electron chi connectivity index (χ1n) is 6.30. The van der Waals surface area contributed by atoms with Gasteiger partial charge in [-0.15, -0.1) is 11.3 Å². The number of hydrogen-bond donors (Lipinski definition) is 0. The lowest BCUT2D eigenvalue weighted by Crippen LogP contribution is -2.26. The molecule has 19 heavy (non-hydrogen) atoms. The van der Waals surface area contributed by atoms with Gasteiger partial charge in [0.25, 0.3) is 5.91 Å². The molecule has 100 valence electrons. The normalized spacial score (nSPS) is 10.7. The number of rotatable bonds is 4. The average molecular weight is 274 g/mol. The Bertz CT molecular complexity index is 532. The third-order valence-electron chi connectivity index (χ3n) is 3.06. The van der Waals surface area contributed by atoms with Crippen LogP contribution in [-0.4, -0.2) is 22.8 Å². The van der Waals surface area contributed by atoms with Crippen LogP contribution in [0.25, 0.3) is 0 Å². The standard InChI is InChI=1S/C15H18N2OS/c1-11(2)13-6-4-12(5-7-13)8-17(3)15(18)14-9-19-10-16-14/h4-7,9-11H,8H2,1-3H3. The Morgan fingerprint density at radius 2 is 2.00 bits per heavy atom. The Morgan fingerprint density at radius 3 is 2.53 bits per heavy atom. The van der Waals surface area contributed by atoms with E-state index in [0.29, 0.717) is 18.2 Å². The van der Waals surface area contributed by atoms with Gasteiger partial charge in [0.05, 0.1) is 5.51 Å². The Balaban J connectivity index is 2.02. The van der Waals surface area contributed by atoms with Crippen molar-refractivity contribution in [2.24, 2.45) is 0 Å². The molecule has 1 aromatic heterocycles. The molecule has 0 spiro atoms. The molecule has 2 aromatic rings. The van der Waals surface area contributed by atoms with Crippen LogP contribution in [0.2, 0.25) is 0 Å². The predicted molar refractivity (Wildman–Crippen MR) is 78.4 cm³/mol. The van der Waals surface area contributed by atoms with E-state index in [9.17, 15) is 4.79 Å². The van der Waals surface area contributed by atoms with Gasteiger partial charge in [-0.3, -0.25) is 4.79 Å². The lowest BCUT2D eigenvalue weighted by molar-refractivity contribution is 0.0780. The van der Waals surface area contributed by atoms with Crippen LogP contribution in [-0.2, 0) is 6.54 Å². The first-order chi connectivity index (χ1) is 9.08. The van der Waals surface area contributed by atoms with Crippen LogP contribution in [0.5, 0.6) is 0 Å². The van der Waals surface area contributed by atoms with Crippen LogP contribution in [0.3, 0.4) is 0 Å². The molecular formula is C15H18N2OS. The monoisotopic (exact) mass is 274 g/mol. The van der Waals surface area contributed by atoms with E-state index in [4.69, 9.17) is 0 Å². The van der Waals surface area contributed by atoms with Gasteiger partial charge in [0.2, 0.25) is 0 Å². The predicted octanol–water partition coefficient (Wildman–Crippen LogP) is 3.54. The third-order valence-corrected chi connectivity index (χ3v) is 3.65. The van der Waals surface area contributed by atoms with Crippen LogP contribution in [0.15, 0.2) is 35.2 Å². The number of thiazole rings is 1. The Labute approximate surface area is 117 Å². The van der Waals surface area contributed by atoms with Gasteiger partial charge in [-0.1, -0.05) is 38.1 Å². The fraction of sp³-hybridized carbons (Fsp3) is 0.333. The summed E-state index contributed by atoms with van der Waals surface area (Å²) in [6.45, 7) is 4.95. The molecule has 2 rings (SSSR count). The van der Waals surface area contributed by atoms with Crippen LogP contribution < -0.4 is 0 Å². The van der Waals surface area contributed by atoms with Gasteiger partial charge in [-0.25, -0.2) is 4.98 Å². The molecule has 0 aliphatic rings. The molecule has 0 aliphatic heterocycles. The van der Waals surface area contributed by atoms with E-state index in [-0.39, 0.29) is 5.91 Å². The minimum atomic E-state index is -0.0332. The van der Waals surface area contributed by atoms with E-state index < -0.39 is 0 Å². The molecule has 0 saturated heterocycles. The average Bonchev–Trinajstić information content (AvgIpc) is 2.92. The molecule has 1 heterocycles. The van der Waals surface area contributed by atoms with Gasteiger partial charge >= 0.3 is 0 Å². The summed E-state index contributed by atoms with van der Waals surface area (Å²) in [5.74, 6) is 0.498. The second-order valence-electron chi connectivity index (χ2n) is 4.93. The van der Waals surface area contributed by atoms with Crippen molar-refractivity contribution in [1.82, 2.24) is 9.88 Å². The zero-order valence-electron chi connectivity index (χ0n) is 11.5. The summed E-state index contributed by atoms with van der Waals surface area (Å²) in [4.78, 5) is 17.8. The highest BCUT2D eigenvalue weighted by Crippen LogP contribution is 2.16. The molecule has 1 amide bonds. The smallest absolute Gasteiger partial charge is 0.273 e. The molecule has 0 bridgehead atoms. The summed E-state index contributed by atoms with van der Waals surface area (Å²) in [5, 5.41) is 1.78. The van der Waals surface area contributed by atoms with E-state index in [0.717, 1.165) is 5.56 Å². The number of nitrogens with zero attached hydrogens (tertiary/aromatic N) is 2. The largest absolute Gasteiger partial charge is 0.336 e. The Hall–Kier alpha value is -1.68. The van der Waals surface area contributed by atoms with Crippen molar-refractivity contribution in [3.8, 4) is 0 Å². The van der Waals surface area contributed by atoms with Crippen molar-refractivity contribution in [3.63, 3.8) is 0 Å². The maximum Gasteiger partial charge on any atom is 0.273 e. The summed E-state index contributed by atoms with van der Waals surface area (Å²) >= 11 is 1.44. The molecule has 1 aromatic carbocycles. The first-order valence-corrected chi connectivity index (χ1v) is 7.24. The molecule has 0 radical (unpaired) electrons. The Kier molecular flexibility index (Phi) is 4.32. The second-order valence-corrected chi connectivity index (χ2v) is 5.65. The summed E-state index contributed by atoms with van der Waals surface area (Å²) in [7, 11) is 1.80. The molecule has 0 atom stereocenters. The van der Waals surface area contributed by atoms with E-state index in [1.165, 1.54) is 16.9 Å². The summed E-state index contributed by atoms with van der Waals surface area (Å²) in [6.07, 6.45) is 0. The van der Waals surface area contributed by atoms with Crippen molar-refractivity contribution in [1.29, 1.82) is 0 Å². The summed E-state index contributed by atoms with van der Waals surface area (Å²) in [6, 6.07) is 8.42. The zero-order chi connectivity index (χ0) is 13.8. The maximum absolute atomic E-state index is 12.1. The van der Waals surface area contributed by atoms with Gasteiger partial charge in [0, 0.05) is 19.0 Å². The molecule has 4 heteroatoms. The van der Waals surface area contributed by atoms with Crippen LogP contribution in [0, 0.1) is 0 Å². The van der Waals surface area contributed by atoms with Crippen molar-refractivity contribution in [2.75, 3.05) is 7.05 Å². The lowest BCUT2D eigenvalue weighted by atomic mass is 10.0. The topological polar surface area (TPSA) is 33.2 Å². The highest BCUT2D eigenvalue weighted by molar-refractivity contribution is 7.07. The lowest BCUT2D eigenvalue weighted by Gasteiger charge is -2.16. The van der Waals surface area contributed by atoms with E-state index in [2.05, 4.69) is 43.1 Å². The highest BCUT2D eigenvalue weighted by Gasteiger charge is 2.13. The number of amides is 1. The van der Waals surface area contributed by atoms with Crippen molar-refractivity contribution >= 4 is 17.2 Å². The second kappa shape index (κ2) is 5.97. The summed E-state index contributed by atoms with van der Waals surface area (Å²) in [5.41, 5.74) is 4.65. The van der Waals surface area contributed by atoms with Crippen molar-refractivity contribution in [2.45, 2.75) is 26.3 Å². The van der Waals surface area contributed by atoms with Crippen LogP contribution in [0.1, 0.15) is 41.4 Å². The quantitative estimate of drug-likeness (QED) is 0.854. The van der Waals surface area contributed by atoms with Crippen molar-refractivity contribution < 1.29 is 4.79 Å². The van der Waals surface area contributed by atoms with Gasteiger partial charge in [0.1, 0.15) is 5.69 Å². The molecule has 0 saturated carbocycles. The van der Waals surface area contributed by atoms with Crippen molar-refractivity contribution in [3.05, 3.63) is 52.0 Å². The number of carbonyl (C=O) groups excluding carboxylic acids is 1. The molecule has 0 unspecified atom stereocenters. The number of hydrogen-bond acceptors (Lipinski definition) is 3. The minimum absolute atomic E-state index is 0.0332. The van der Waals surface area contributed by atoms with E-state index in [1.807, 2.05) is 0 Å². The maximum atomic E-state index is 12.1. The molecule has 0 fully saturated rings. The molecule has 0 aliphatic carbocycles. The van der Waals surface area contributed by atoms with Gasteiger partial charge < -0.3 is 4.90 Å². The van der Waals surface area contributed by atoms with E-state index >= 15 is 0 Å². The minimum Gasteiger partial charge on any atom is -0.336 e. The fourth-order valence-electron chi connectivity index (χ4n) is 1.87. The van der Waals surface area contributed by atoms with Gasteiger partial charge in [0.15, 0.2) is 0 Å². The van der Waals surface area contributed by atoms with Gasteiger partial charge in [-0.2, -0.15) is 0 Å². The Morgan fingerprint density at radius 1 is 1.32 bits per heavy atom. The molecule has 0 N–H and O–H groups in total. The SMILES string of the molecule is CC(C)c1ccc(CN(C)C(=O)c2cscn2)cc1. The zero-order valence-corrected chi connectivity index (χ0v) is 12.3. The molecular weight excluding hydrogens is 256 g/mol. The van der Waals surface area contributed by atoms with Crippen LogP contribution in [0.4, 0.5) is 0 Å². The third kappa shape index (κ3) is 3.41. The summed E-state index contributed by atoms with van der Waals surface area (Å²) < 4.78 is 0. The highest BCUT2D eigenvalue weighted by atomic mass is 32.1. The number of benzene rings is 1. The number of aromatic nitrogens is 1. The first kappa shape index (κ1) is 13.7. The van der Waals surface area contributed by atoms with Crippen LogP contribution >= 0.6 is 11.3 Å². The van der Waals surface area contributed by atoms with E-state index in [1.54, 1.807) is 22.8 Å². The fourth-order valence-corrected chi connectivity index (χ4v) is 2.39. The molecule has 3 nitrogen and oxygen atoms in total. The number of carbonyl (C=O) groups is 1.